The van der Waals surface area contributed by atoms with Gasteiger partial charge in [-0.05, 0) is 23.1 Å². The largest absolute Gasteiger partial charge is 0.396 e. The van der Waals surface area contributed by atoms with Crippen molar-refractivity contribution >= 4 is 0 Å². The lowest BCUT2D eigenvalue weighted by Crippen LogP contribution is -1.90. The predicted octanol–water partition coefficient (Wildman–Crippen LogP) is 2.30. The first-order valence-corrected chi connectivity index (χ1v) is 3.95. The molecule has 0 fully saturated rings. The summed E-state index contributed by atoms with van der Waals surface area (Å²) in [5.41, 5.74) is 2.85. The van der Waals surface area contributed by atoms with Gasteiger partial charge < -0.3 is 5.11 Å². The number of hydrogen-bond acceptors (Lipinski definition) is 1. The molecular weight excluding hydrogens is 136 g/mol. The summed E-state index contributed by atoms with van der Waals surface area (Å²) < 4.78 is 0. The molecule has 60 valence electrons. The van der Waals surface area contributed by atoms with Crippen LogP contribution in [0.15, 0.2) is 24.3 Å². The van der Waals surface area contributed by atoms with Gasteiger partial charge in [0.2, 0.25) is 0 Å². The van der Waals surface area contributed by atoms with Crippen molar-refractivity contribution in [3.63, 3.8) is 0 Å². The molecule has 0 radical (unpaired) electrons. The molecular formula is C10H14O. The summed E-state index contributed by atoms with van der Waals surface area (Å²) in [5, 5.41) is 8.14. The number of hydrogen-bond donors (Lipinski definition) is 1. The van der Waals surface area contributed by atoms with Crippen molar-refractivity contribution in [3.8, 4) is 11.1 Å². The lowest BCUT2D eigenvalue weighted by atomic mass is 10.2. The average Bonchev–Trinajstić information content (AvgIpc) is 2.61. The van der Waals surface area contributed by atoms with Crippen molar-refractivity contribution in [3.05, 3.63) is 24.3 Å². The third-order valence-electron chi connectivity index (χ3n) is 1.48. The lowest BCUT2D eigenvalue weighted by molar-refractivity contribution is 0.248. The maximum Gasteiger partial charge on any atom is 0.0453 e. The van der Waals surface area contributed by atoms with E-state index in [9.17, 15) is 0 Å². The highest BCUT2D eigenvalue weighted by Crippen LogP contribution is 2.32. The van der Waals surface area contributed by atoms with E-state index in [0.717, 1.165) is 0 Å². The summed E-state index contributed by atoms with van der Waals surface area (Å²) in [5.74, 6) is 0.440. The summed E-state index contributed by atoms with van der Waals surface area (Å²) in [7, 11) is 0. The summed E-state index contributed by atoms with van der Waals surface area (Å²) >= 11 is 0. The zero-order valence-electron chi connectivity index (χ0n) is 7.04. The Bertz CT molecular complexity index is 211. The fourth-order valence-electron chi connectivity index (χ4n) is 0.676. The SMILES string of the molecule is CC(C)CO.c1cc2cc-2c1. The molecule has 2 aliphatic rings. The normalized spacial score (nSPS) is 10.5. The summed E-state index contributed by atoms with van der Waals surface area (Å²) in [6.45, 7) is 4.25. The first-order chi connectivity index (χ1) is 5.24. The molecule has 0 heterocycles. The van der Waals surface area contributed by atoms with Crippen LogP contribution in [0.1, 0.15) is 13.8 Å². The van der Waals surface area contributed by atoms with Gasteiger partial charge in [0.1, 0.15) is 0 Å². The molecule has 0 aromatic carbocycles. The number of fused-ring (bicyclic) bond motifs is 1. The quantitative estimate of drug-likeness (QED) is 0.661. The van der Waals surface area contributed by atoms with Gasteiger partial charge >= 0.3 is 0 Å². The van der Waals surface area contributed by atoms with Crippen LogP contribution in [0.4, 0.5) is 0 Å². The molecule has 0 saturated carbocycles. The second kappa shape index (κ2) is 3.54. The number of rotatable bonds is 1. The van der Waals surface area contributed by atoms with Crippen LogP contribution in [0, 0.1) is 5.92 Å². The van der Waals surface area contributed by atoms with E-state index in [1.54, 1.807) is 0 Å². The number of aliphatic hydroxyl groups is 1. The molecule has 2 aliphatic carbocycles. The Balaban J connectivity index is 0.000000114. The molecule has 0 spiro atoms. The molecule has 0 aromatic rings. The molecule has 11 heavy (non-hydrogen) atoms. The van der Waals surface area contributed by atoms with Gasteiger partial charge in [-0.1, -0.05) is 32.0 Å². The van der Waals surface area contributed by atoms with Gasteiger partial charge in [-0.25, -0.2) is 0 Å². The molecule has 1 heteroatoms. The van der Waals surface area contributed by atoms with Crippen LogP contribution in [0.2, 0.25) is 0 Å². The number of aliphatic hydroxyl groups excluding tert-OH is 1. The van der Waals surface area contributed by atoms with Crippen molar-refractivity contribution in [1.82, 2.24) is 0 Å². The maximum absolute atomic E-state index is 8.14. The molecule has 0 amide bonds. The second-order valence-corrected chi connectivity index (χ2v) is 3.16. The summed E-state index contributed by atoms with van der Waals surface area (Å²) in [4.78, 5) is 0. The molecule has 0 atom stereocenters. The van der Waals surface area contributed by atoms with Crippen LogP contribution in [0.3, 0.4) is 0 Å². The third kappa shape index (κ3) is 2.72. The molecule has 1 N–H and O–H groups in total. The van der Waals surface area contributed by atoms with E-state index in [2.05, 4.69) is 24.3 Å². The molecule has 0 aliphatic heterocycles. The van der Waals surface area contributed by atoms with Crippen LogP contribution in [0.5, 0.6) is 0 Å². The Morgan fingerprint density at radius 2 is 1.73 bits per heavy atom. The van der Waals surface area contributed by atoms with Crippen molar-refractivity contribution in [1.29, 1.82) is 0 Å². The molecule has 0 bridgehead atoms. The highest BCUT2D eigenvalue weighted by atomic mass is 16.3. The van der Waals surface area contributed by atoms with Gasteiger partial charge in [-0.3, -0.25) is 0 Å². The van der Waals surface area contributed by atoms with Gasteiger partial charge in [-0.2, -0.15) is 0 Å². The van der Waals surface area contributed by atoms with E-state index in [1.807, 2.05) is 13.8 Å². The first-order valence-electron chi connectivity index (χ1n) is 3.95. The molecule has 2 rings (SSSR count). The van der Waals surface area contributed by atoms with E-state index in [-0.39, 0.29) is 0 Å². The minimum Gasteiger partial charge on any atom is -0.396 e. The molecule has 0 aromatic heterocycles. The Labute approximate surface area is 67.7 Å². The van der Waals surface area contributed by atoms with Gasteiger partial charge in [0.25, 0.3) is 0 Å². The fraction of sp³-hybridized carbons (Fsp3) is 0.400. The van der Waals surface area contributed by atoms with E-state index in [1.165, 1.54) is 11.1 Å². The summed E-state index contributed by atoms with van der Waals surface area (Å²) in [6.07, 6.45) is 0. The third-order valence-corrected chi connectivity index (χ3v) is 1.48. The maximum atomic E-state index is 8.14. The van der Waals surface area contributed by atoms with Gasteiger partial charge in [-0.15, -0.1) is 0 Å². The topological polar surface area (TPSA) is 20.2 Å². The van der Waals surface area contributed by atoms with E-state index >= 15 is 0 Å². The second-order valence-electron chi connectivity index (χ2n) is 3.16. The minimum atomic E-state index is 0.306. The Morgan fingerprint density at radius 3 is 1.82 bits per heavy atom. The van der Waals surface area contributed by atoms with Crippen LogP contribution in [-0.4, -0.2) is 11.7 Å². The Morgan fingerprint density at radius 1 is 1.27 bits per heavy atom. The molecule has 0 saturated heterocycles. The molecule has 0 unspecified atom stereocenters. The van der Waals surface area contributed by atoms with Gasteiger partial charge in [0.15, 0.2) is 0 Å². The Kier molecular flexibility index (Phi) is 2.66. The van der Waals surface area contributed by atoms with Gasteiger partial charge in [0.05, 0.1) is 0 Å². The molecule has 1 nitrogen and oxygen atoms in total. The van der Waals surface area contributed by atoms with Crippen LogP contribution < -0.4 is 0 Å². The standard InChI is InChI=1S/C6H4.C4H10O/c1-2-5-4-6(5)3-1;1-4(2)3-5/h1-4H;4-5H,3H2,1-2H3. The zero-order chi connectivity index (χ0) is 8.27. The highest BCUT2D eigenvalue weighted by Gasteiger charge is 2.06. The first kappa shape index (κ1) is 8.28. The fourth-order valence-corrected chi connectivity index (χ4v) is 0.676. The van der Waals surface area contributed by atoms with Crippen molar-refractivity contribution in [2.24, 2.45) is 5.92 Å². The van der Waals surface area contributed by atoms with E-state index in [4.69, 9.17) is 5.11 Å². The van der Waals surface area contributed by atoms with Crippen LogP contribution in [0.25, 0.3) is 11.1 Å². The van der Waals surface area contributed by atoms with Crippen molar-refractivity contribution in [2.75, 3.05) is 6.61 Å². The van der Waals surface area contributed by atoms with E-state index in [0.29, 0.717) is 12.5 Å². The van der Waals surface area contributed by atoms with Crippen LogP contribution in [-0.2, 0) is 0 Å². The van der Waals surface area contributed by atoms with Crippen LogP contribution >= 0.6 is 0 Å². The smallest absolute Gasteiger partial charge is 0.0453 e. The lowest BCUT2D eigenvalue weighted by Gasteiger charge is -1.90. The average molecular weight is 150 g/mol. The summed E-state index contributed by atoms with van der Waals surface area (Å²) in [6, 6.07) is 8.48. The highest BCUT2D eigenvalue weighted by molar-refractivity contribution is 5.80. The predicted molar refractivity (Wildman–Crippen MR) is 47.4 cm³/mol. The Hall–Kier alpha value is -0.820. The monoisotopic (exact) mass is 150 g/mol. The van der Waals surface area contributed by atoms with Gasteiger partial charge in [0, 0.05) is 6.61 Å². The zero-order valence-corrected chi connectivity index (χ0v) is 7.04. The van der Waals surface area contributed by atoms with Crippen molar-refractivity contribution in [2.45, 2.75) is 13.8 Å². The number of benzene rings is 1. The van der Waals surface area contributed by atoms with Crippen molar-refractivity contribution < 1.29 is 5.11 Å². The minimum absolute atomic E-state index is 0.306. The van der Waals surface area contributed by atoms with E-state index < -0.39 is 0 Å².